The minimum atomic E-state index is -0.934. The zero-order valence-corrected chi connectivity index (χ0v) is 9.73. The van der Waals surface area contributed by atoms with E-state index in [1.54, 1.807) is 0 Å². The maximum atomic E-state index is 10.6. The molecule has 0 bridgehead atoms. The van der Waals surface area contributed by atoms with E-state index in [9.17, 15) is 4.79 Å². The highest BCUT2D eigenvalue weighted by Crippen LogP contribution is 2.06. The lowest BCUT2D eigenvalue weighted by Crippen LogP contribution is -2.23. The second kappa shape index (κ2) is 5.47. The Hall–Kier alpha value is -1.61. The summed E-state index contributed by atoms with van der Waals surface area (Å²) in [6.07, 6.45) is 0. The van der Waals surface area contributed by atoms with E-state index in [2.05, 4.69) is 30.8 Å². The predicted octanol–water partition coefficient (Wildman–Crippen LogP) is 2.07. The second-order valence-electron chi connectivity index (χ2n) is 4.07. The number of aliphatic carboxylic acids is 1. The van der Waals surface area contributed by atoms with E-state index in [1.807, 2.05) is 18.9 Å². The zero-order chi connectivity index (χ0) is 12.1. The van der Waals surface area contributed by atoms with E-state index in [-0.39, 0.29) is 5.57 Å². The summed E-state index contributed by atoms with van der Waals surface area (Å²) in [7, 11) is 1.88. The van der Waals surface area contributed by atoms with Crippen molar-refractivity contribution in [2.45, 2.75) is 13.5 Å². The second-order valence-corrected chi connectivity index (χ2v) is 4.07. The van der Waals surface area contributed by atoms with Gasteiger partial charge in [0, 0.05) is 18.7 Å². The Morgan fingerprint density at radius 2 is 1.94 bits per heavy atom. The van der Waals surface area contributed by atoms with Crippen LogP contribution in [0.2, 0.25) is 0 Å². The summed E-state index contributed by atoms with van der Waals surface area (Å²) in [6, 6.07) is 8.20. The van der Waals surface area contributed by atoms with Crippen LogP contribution < -0.4 is 0 Å². The summed E-state index contributed by atoms with van der Waals surface area (Å²) in [6.45, 7) is 6.66. The van der Waals surface area contributed by atoms with Gasteiger partial charge in [0.05, 0.1) is 0 Å². The van der Waals surface area contributed by atoms with Gasteiger partial charge in [0.25, 0.3) is 0 Å². The molecule has 0 aromatic heterocycles. The van der Waals surface area contributed by atoms with E-state index >= 15 is 0 Å². The van der Waals surface area contributed by atoms with Gasteiger partial charge in [-0.1, -0.05) is 36.4 Å². The molecule has 0 radical (unpaired) electrons. The molecule has 0 amide bonds. The van der Waals surface area contributed by atoms with Crippen molar-refractivity contribution in [3.05, 3.63) is 47.5 Å². The fourth-order valence-corrected chi connectivity index (χ4v) is 1.45. The van der Waals surface area contributed by atoms with Crippen LogP contribution in [0.25, 0.3) is 0 Å². The first-order valence-electron chi connectivity index (χ1n) is 5.14. The molecular weight excluding hydrogens is 202 g/mol. The van der Waals surface area contributed by atoms with Crippen LogP contribution >= 0.6 is 0 Å². The highest BCUT2D eigenvalue weighted by molar-refractivity contribution is 5.86. The molecule has 0 saturated carbocycles. The highest BCUT2D eigenvalue weighted by atomic mass is 16.4. The van der Waals surface area contributed by atoms with Gasteiger partial charge in [-0.3, -0.25) is 4.90 Å². The molecule has 86 valence electrons. The summed E-state index contributed by atoms with van der Waals surface area (Å²) in [5.41, 5.74) is 2.61. The largest absolute Gasteiger partial charge is 0.478 e. The quantitative estimate of drug-likeness (QED) is 0.771. The van der Waals surface area contributed by atoms with Crippen LogP contribution in [0.3, 0.4) is 0 Å². The van der Waals surface area contributed by atoms with Crippen LogP contribution in [0.5, 0.6) is 0 Å². The molecule has 0 aliphatic carbocycles. The smallest absolute Gasteiger partial charge is 0.332 e. The van der Waals surface area contributed by atoms with Crippen molar-refractivity contribution in [2.24, 2.45) is 0 Å². The Labute approximate surface area is 96.0 Å². The number of carboxylic acids is 1. The van der Waals surface area contributed by atoms with Gasteiger partial charge < -0.3 is 5.11 Å². The molecule has 0 fully saturated rings. The van der Waals surface area contributed by atoms with Crippen LogP contribution in [0, 0.1) is 6.92 Å². The average Bonchev–Trinajstić information content (AvgIpc) is 2.21. The Balaban J connectivity index is 2.51. The van der Waals surface area contributed by atoms with Crippen LogP contribution in [-0.4, -0.2) is 29.6 Å². The summed E-state index contributed by atoms with van der Waals surface area (Å²) >= 11 is 0. The highest BCUT2D eigenvalue weighted by Gasteiger charge is 2.07. The maximum Gasteiger partial charge on any atom is 0.332 e. The Morgan fingerprint density at radius 1 is 1.38 bits per heavy atom. The summed E-state index contributed by atoms with van der Waals surface area (Å²) in [4.78, 5) is 12.5. The van der Waals surface area contributed by atoms with Gasteiger partial charge in [0.2, 0.25) is 0 Å². The Kier molecular flexibility index (Phi) is 4.26. The monoisotopic (exact) mass is 219 g/mol. The normalized spacial score (nSPS) is 10.4. The minimum absolute atomic E-state index is 0.217. The van der Waals surface area contributed by atoms with Gasteiger partial charge in [-0.05, 0) is 19.5 Å². The lowest BCUT2D eigenvalue weighted by Gasteiger charge is -2.16. The molecule has 1 rings (SSSR count). The van der Waals surface area contributed by atoms with E-state index in [0.717, 1.165) is 6.54 Å². The average molecular weight is 219 g/mol. The first-order chi connectivity index (χ1) is 7.49. The standard InChI is InChI=1S/C13H17NO2/c1-10-4-6-12(7-5-10)9-14(3)8-11(2)13(15)16/h4-7H,2,8-9H2,1,3H3,(H,15,16). The number of carbonyl (C=O) groups is 1. The molecule has 0 unspecified atom stereocenters. The van der Waals surface area contributed by atoms with Crippen molar-refractivity contribution in [1.29, 1.82) is 0 Å². The Bertz CT molecular complexity index is 381. The molecule has 0 atom stereocenters. The number of benzene rings is 1. The lowest BCUT2D eigenvalue weighted by molar-refractivity contribution is -0.132. The molecule has 16 heavy (non-hydrogen) atoms. The summed E-state index contributed by atoms with van der Waals surface area (Å²) in [5, 5.41) is 8.71. The van der Waals surface area contributed by atoms with Crippen LogP contribution in [0.4, 0.5) is 0 Å². The zero-order valence-electron chi connectivity index (χ0n) is 9.73. The number of hydrogen-bond donors (Lipinski definition) is 1. The van der Waals surface area contributed by atoms with Gasteiger partial charge in [-0.25, -0.2) is 4.79 Å². The first kappa shape index (κ1) is 12.5. The first-order valence-corrected chi connectivity index (χ1v) is 5.14. The summed E-state index contributed by atoms with van der Waals surface area (Å²) < 4.78 is 0. The third-order valence-corrected chi connectivity index (χ3v) is 2.34. The Morgan fingerprint density at radius 3 is 2.44 bits per heavy atom. The molecule has 1 N–H and O–H groups in total. The van der Waals surface area contributed by atoms with E-state index in [0.29, 0.717) is 6.54 Å². The van der Waals surface area contributed by atoms with Crippen LogP contribution in [0.1, 0.15) is 11.1 Å². The number of hydrogen-bond acceptors (Lipinski definition) is 2. The van der Waals surface area contributed by atoms with Gasteiger partial charge in [-0.2, -0.15) is 0 Å². The van der Waals surface area contributed by atoms with Crippen LogP contribution in [-0.2, 0) is 11.3 Å². The van der Waals surface area contributed by atoms with Gasteiger partial charge in [0.1, 0.15) is 0 Å². The topological polar surface area (TPSA) is 40.5 Å². The molecule has 0 spiro atoms. The number of aryl methyl sites for hydroxylation is 1. The van der Waals surface area contributed by atoms with Gasteiger partial charge in [-0.15, -0.1) is 0 Å². The van der Waals surface area contributed by atoms with Crippen molar-refractivity contribution < 1.29 is 9.90 Å². The number of rotatable bonds is 5. The molecular formula is C13H17NO2. The molecule has 0 saturated heterocycles. The number of likely N-dealkylation sites (N-methyl/N-ethyl adjacent to an activating group) is 1. The van der Waals surface area contributed by atoms with Gasteiger partial charge in [0.15, 0.2) is 0 Å². The van der Waals surface area contributed by atoms with Crippen LogP contribution in [0.15, 0.2) is 36.4 Å². The van der Waals surface area contributed by atoms with Crippen molar-refractivity contribution >= 4 is 5.97 Å². The predicted molar refractivity (Wildman–Crippen MR) is 64.3 cm³/mol. The molecule has 3 nitrogen and oxygen atoms in total. The SMILES string of the molecule is C=C(CN(C)Cc1ccc(C)cc1)C(=O)O. The van der Waals surface area contributed by atoms with Crippen molar-refractivity contribution in [3.63, 3.8) is 0 Å². The van der Waals surface area contributed by atoms with Crippen molar-refractivity contribution in [1.82, 2.24) is 4.90 Å². The maximum absolute atomic E-state index is 10.6. The third-order valence-electron chi connectivity index (χ3n) is 2.34. The van der Waals surface area contributed by atoms with Crippen molar-refractivity contribution in [2.75, 3.05) is 13.6 Å². The summed E-state index contributed by atoms with van der Waals surface area (Å²) in [5.74, 6) is -0.934. The lowest BCUT2D eigenvalue weighted by atomic mass is 10.1. The van der Waals surface area contributed by atoms with Crippen molar-refractivity contribution in [3.8, 4) is 0 Å². The molecule has 0 heterocycles. The van der Waals surface area contributed by atoms with Gasteiger partial charge >= 0.3 is 5.97 Å². The molecule has 1 aromatic rings. The van der Waals surface area contributed by atoms with E-state index in [1.165, 1.54) is 11.1 Å². The molecule has 1 aromatic carbocycles. The van der Waals surface area contributed by atoms with E-state index in [4.69, 9.17) is 5.11 Å². The molecule has 0 aliphatic rings. The number of carboxylic acid groups (broad SMARTS) is 1. The minimum Gasteiger partial charge on any atom is -0.478 e. The third kappa shape index (κ3) is 3.87. The number of nitrogens with zero attached hydrogens (tertiary/aromatic N) is 1. The van der Waals surface area contributed by atoms with E-state index < -0.39 is 5.97 Å². The fourth-order valence-electron chi connectivity index (χ4n) is 1.45. The molecule has 3 heteroatoms. The molecule has 0 aliphatic heterocycles. The fraction of sp³-hybridized carbons (Fsp3) is 0.308.